The Hall–Kier alpha value is -1.49. The highest BCUT2D eigenvalue weighted by Crippen LogP contribution is 2.06. The number of aliphatic hydroxyl groups excluding tert-OH is 1. The van der Waals surface area contributed by atoms with E-state index in [4.69, 9.17) is 5.11 Å². The number of carbonyl (C=O) groups is 1. The molecule has 0 aromatic heterocycles. The van der Waals surface area contributed by atoms with Gasteiger partial charge in [-0.1, -0.05) is 29.8 Å². The quantitative estimate of drug-likeness (QED) is 0.814. The molecular weight excluding hydrogens is 240 g/mol. The maximum Gasteiger partial charge on any atom is 0.265 e. The number of benzene rings is 1. The average molecular weight is 257 g/mol. The van der Waals surface area contributed by atoms with Crippen molar-refractivity contribution < 1.29 is 18.7 Å². The summed E-state index contributed by atoms with van der Waals surface area (Å²) in [6, 6.07) is 7.76. The van der Waals surface area contributed by atoms with Gasteiger partial charge in [0.1, 0.15) is 6.10 Å². The molecule has 2 N–H and O–H groups in total. The van der Waals surface area contributed by atoms with E-state index in [0.29, 0.717) is 6.42 Å². The standard InChI is InChI=1S/C13H17F2NO2/c1-9-2-4-10(5-3-9)6-7-12(18)16-8-11(17)13(14)15/h2-5,11,13,17H,6-8H2,1H3,(H,16,18). The number of hydrogen-bond acceptors (Lipinski definition) is 2. The molecule has 1 atom stereocenters. The van der Waals surface area contributed by atoms with Crippen molar-refractivity contribution in [1.82, 2.24) is 5.32 Å². The Labute approximate surface area is 105 Å². The molecule has 0 aliphatic rings. The highest BCUT2D eigenvalue weighted by atomic mass is 19.3. The predicted molar refractivity (Wildman–Crippen MR) is 64.5 cm³/mol. The Morgan fingerprint density at radius 2 is 1.94 bits per heavy atom. The topological polar surface area (TPSA) is 49.3 Å². The van der Waals surface area contributed by atoms with Crippen LogP contribution in [0.15, 0.2) is 24.3 Å². The van der Waals surface area contributed by atoms with Crippen molar-refractivity contribution in [2.45, 2.75) is 32.3 Å². The van der Waals surface area contributed by atoms with Gasteiger partial charge in [0.2, 0.25) is 5.91 Å². The fraction of sp³-hybridized carbons (Fsp3) is 0.462. The zero-order chi connectivity index (χ0) is 13.5. The summed E-state index contributed by atoms with van der Waals surface area (Å²) >= 11 is 0. The second kappa shape index (κ2) is 7.06. The minimum Gasteiger partial charge on any atom is -0.385 e. The molecule has 1 amide bonds. The van der Waals surface area contributed by atoms with E-state index in [1.165, 1.54) is 0 Å². The number of amides is 1. The van der Waals surface area contributed by atoms with Crippen LogP contribution in [-0.2, 0) is 11.2 Å². The van der Waals surface area contributed by atoms with Crippen LogP contribution in [0.1, 0.15) is 17.5 Å². The number of nitrogens with one attached hydrogen (secondary N) is 1. The lowest BCUT2D eigenvalue weighted by atomic mass is 10.1. The van der Waals surface area contributed by atoms with Crippen molar-refractivity contribution in [1.29, 1.82) is 0 Å². The SMILES string of the molecule is Cc1ccc(CCC(=O)NCC(O)C(F)F)cc1. The van der Waals surface area contributed by atoms with Crippen molar-refractivity contribution in [3.63, 3.8) is 0 Å². The minimum atomic E-state index is -2.83. The molecule has 100 valence electrons. The van der Waals surface area contributed by atoms with Crippen LogP contribution in [-0.4, -0.2) is 30.1 Å². The van der Waals surface area contributed by atoms with E-state index in [-0.39, 0.29) is 12.3 Å². The van der Waals surface area contributed by atoms with Gasteiger partial charge in [0.05, 0.1) is 0 Å². The highest BCUT2D eigenvalue weighted by molar-refractivity contribution is 5.76. The molecule has 1 unspecified atom stereocenters. The summed E-state index contributed by atoms with van der Waals surface area (Å²) in [7, 11) is 0. The Kier molecular flexibility index (Phi) is 5.71. The van der Waals surface area contributed by atoms with Gasteiger partial charge < -0.3 is 10.4 Å². The molecule has 3 nitrogen and oxygen atoms in total. The molecule has 0 spiro atoms. The molecule has 0 aliphatic heterocycles. The molecule has 0 saturated carbocycles. The Balaban J connectivity index is 2.27. The molecule has 0 heterocycles. The van der Waals surface area contributed by atoms with E-state index < -0.39 is 19.1 Å². The summed E-state index contributed by atoms with van der Waals surface area (Å²) in [5.41, 5.74) is 2.16. The number of halogens is 2. The molecule has 1 aromatic rings. The third-order valence-electron chi connectivity index (χ3n) is 2.56. The molecule has 0 saturated heterocycles. The van der Waals surface area contributed by atoms with Crippen molar-refractivity contribution in [3.05, 3.63) is 35.4 Å². The first-order valence-electron chi connectivity index (χ1n) is 5.77. The molecule has 1 rings (SSSR count). The third kappa shape index (κ3) is 5.23. The molecule has 1 aromatic carbocycles. The summed E-state index contributed by atoms with van der Waals surface area (Å²) in [6.07, 6.45) is -3.86. The van der Waals surface area contributed by atoms with Crippen LogP contribution in [0.2, 0.25) is 0 Å². The zero-order valence-corrected chi connectivity index (χ0v) is 10.2. The van der Waals surface area contributed by atoms with Crippen molar-refractivity contribution in [2.75, 3.05) is 6.54 Å². The first kappa shape index (κ1) is 14.6. The maximum atomic E-state index is 12.0. The monoisotopic (exact) mass is 257 g/mol. The van der Waals surface area contributed by atoms with Crippen LogP contribution in [0.4, 0.5) is 8.78 Å². The average Bonchev–Trinajstić information content (AvgIpc) is 2.35. The van der Waals surface area contributed by atoms with Crippen LogP contribution in [0, 0.1) is 6.92 Å². The Bertz CT molecular complexity index is 379. The number of aliphatic hydroxyl groups is 1. The van der Waals surface area contributed by atoms with E-state index in [9.17, 15) is 13.6 Å². The zero-order valence-electron chi connectivity index (χ0n) is 10.2. The molecule has 5 heteroatoms. The first-order chi connectivity index (χ1) is 8.49. The number of rotatable bonds is 6. The van der Waals surface area contributed by atoms with Gasteiger partial charge in [0, 0.05) is 13.0 Å². The lowest BCUT2D eigenvalue weighted by molar-refractivity contribution is -0.122. The Morgan fingerprint density at radius 1 is 1.33 bits per heavy atom. The summed E-state index contributed by atoms with van der Waals surface area (Å²) in [5, 5.41) is 11.1. The van der Waals surface area contributed by atoms with Crippen LogP contribution in [0.3, 0.4) is 0 Å². The fourth-order valence-corrected chi connectivity index (χ4v) is 1.41. The van der Waals surface area contributed by atoms with Crippen LogP contribution < -0.4 is 5.32 Å². The van der Waals surface area contributed by atoms with Gasteiger partial charge in [-0.25, -0.2) is 8.78 Å². The third-order valence-corrected chi connectivity index (χ3v) is 2.56. The summed E-state index contributed by atoms with van der Waals surface area (Å²) in [6.45, 7) is 1.56. The number of aryl methyl sites for hydroxylation is 2. The Morgan fingerprint density at radius 3 is 2.50 bits per heavy atom. The molecule has 0 fully saturated rings. The predicted octanol–water partition coefficient (Wildman–Crippen LogP) is 1.67. The lowest BCUT2D eigenvalue weighted by Crippen LogP contribution is -2.35. The van der Waals surface area contributed by atoms with Gasteiger partial charge in [-0.05, 0) is 18.9 Å². The van der Waals surface area contributed by atoms with Gasteiger partial charge in [-0.3, -0.25) is 4.79 Å². The summed E-state index contributed by atoms with van der Waals surface area (Å²) in [5.74, 6) is -0.338. The van der Waals surface area contributed by atoms with E-state index in [1.807, 2.05) is 31.2 Å². The van der Waals surface area contributed by atoms with E-state index in [1.54, 1.807) is 0 Å². The highest BCUT2D eigenvalue weighted by Gasteiger charge is 2.17. The second-order valence-electron chi connectivity index (χ2n) is 4.19. The van der Waals surface area contributed by atoms with Crippen molar-refractivity contribution in [2.24, 2.45) is 0 Å². The van der Waals surface area contributed by atoms with Crippen LogP contribution >= 0.6 is 0 Å². The van der Waals surface area contributed by atoms with E-state index >= 15 is 0 Å². The molecule has 0 radical (unpaired) electrons. The van der Waals surface area contributed by atoms with Crippen LogP contribution in [0.25, 0.3) is 0 Å². The van der Waals surface area contributed by atoms with E-state index in [2.05, 4.69) is 5.32 Å². The molecule has 0 aliphatic carbocycles. The van der Waals surface area contributed by atoms with E-state index in [0.717, 1.165) is 11.1 Å². The number of carbonyl (C=O) groups excluding carboxylic acids is 1. The normalized spacial score (nSPS) is 12.5. The molecular formula is C13H17F2NO2. The summed E-state index contributed by atoms with van der Waals surface area (Å²) in [4.78, 5) is 11.3. The maximum absolute atomic E-state index is 12.0. The molecule has 18 heavy (non-hydrogen) atoms. The number of alkyl halides is 2. The molecule has 0 bridgehead atoms. The number of hydrogen-bond donors (Lipinski definition) is 2. The lowest BCUT2D eigenvalue weighted by Gasteiger charge is -2.10. The fourth-order valence-electron chi connectivity index (χ4n) is 1.41. The van der Waals surface area contributed by atoms with Crippen molar-refractivity contribution >= 4 is 5.91 Å². The van der Waals surface area contributed by atoms with Gasteiger partial charge in [0.25, 0.3) is 6.43 Å². The van der Waals surface area contributed by atoms with Crippen molar-refractivity contribution in [3.8, 4) is 0 Å². The summed E-state index contributed by atoms with van der Waals surface area (Å²) < 4.78 is 23.9. The van der Waals surface area contributed by atoms with Crippen LogP contribution in [0.5, 0.6) is 0 Å². The minimum absolute atomic E-state index is 0.221. The first-order valence-corrected chi connectivity index (χ1v) is 5.77. The smallest absolute Gasteiger partial charge is 0.265 e. The largest absolute Gasteiger partial charge is 0.385 e. The second-order valence-corrected chi connectivity index (χ2v) is 4.19. The van der Waals surface area contributed by atoms with Gasteiger partial charge in [-0.2, -0.15) is 0 Å². The van der Waals surface area contributed by atoms with Gasteiger partial charge in [-0.15, -0.1) is 0 Å². The van der Waals surface area contributed by atoms with Gasteiger partial charge >= 0.3 is 0 Å². The van der Waals surface area contributed by atoms with Gasteiger partial charge in [0.15, 0.2) is 0 Å².